The van der Waals surface area contributed by atoms with Crippen LogP contribution in [0.15, 0.2) is 12.1 Å². The average molecular weight is 305 g/mol. The van der Waals surface area contributed by atoms with Crippen molar-refractivity contribution in [2.45, 2.75) is 13.8 Å². The maximum Gasteiger partial charge on any atom is 0.308 e. The normalized spacial score (nSPS) is 12.3. The Balaban J connectivity index is 2.72. The Hall–Kier alpha value is -1.33. The Morgan fingerprint density at radius 2 is 2.00 bits per heavy atom. The molecule has 104 valence electrons. The van der Waals surface area contributed by atoms with Crippen molar-refractivity contribution < 1.29 is 14.7 Å². The van der Waals surface area contributed by atoms with Crippen LogP contribution < -0.4 is 5.32 Å². The Morgan fingerprint density at radius 1 is 1.37 bits per heavy atom. The molecule has 1 unspecified atom stereocenters. The molecule has 0 saturated carbocycles. The van der Waals surface area contributed by atoms with E-state index in [1.807, 2.05) is 0 Å². The third kappa shape index (κ3) is 4.36. The summed E-state index contributed by atoms with van der Waals surface area (Å²) >= 11 is 11.4. The average Bonchev–Trinajstić information content (AvgIpc) is 2.27. The van der Waals surface area contributed by atoms with Gasteiger partial charge in [0.2, 0.25) is 0 Å². The van der Waals surface area contributed by atoms with Crippen molar-refractivity contribution in [1.82, 2.24) is 10.3 Å². The Kier molecular flexibility index (Phi) is 5.57. The lowest BCUT2D eigenvalue weighted by Gasteiger charge is -2.16. The molecule has 5 nitrogen and oxygen atoms in total. The number of hydrogen-bond donors (Lipinski definition) is 2. The van der Waals surface area contributed by atoms with Crippen LogP contribution >= 0.6 is 23.2 Å². The fraction of sp³-hybridized carbons (Fsp3) is 0.417. The van der Waals surface area contributed by atoms with Crippen LogP contribution in [0.5, 0.6) is 0 Å². The second kappa shape index (κ2) is 6.73. The second-order valence-corrected chi connectivity index (χ2v) is 5.12. The van der Waals surface area contributed by atoms with Crippen LogP contribution in [0.3, 0.4) is 0 Å². The number of rotatable bonds is 5. The van der Waals surface area contributed by atoms with E-state index in [-0.39, 0.29) is 28.3 Å². The minimum atomic E-state index is -0.948. The number of aliphatic carboxylic acids is 1. The quantitative estimate of drug-likeness (QED) is 0.819. The summed E-state index contributed by atoms with van der Waals surface area (Å²) < 4.78 is 0. The van der Waals surface area contributed by atoms with Crippen molar-refractivity contribution >= 4 is 35.1 Å². The van der Waals surface area contributed by atoms with Crippen LogP contribution in [-0.4, -0.2) is 28.5 Å². The minimum Gasteiger partial charge on any atom is -0.481 e. The molecule has 0 aromatic carbocycles. The van der Waals surface area contributed by atoms with E-state index in [0.717, 1.165) is 0 Å². The maximum absolute atomic E-state index is 11.9. The summed E-state index contributed by atoms with van der Waals surface area (Å²) in [6.07, 6.45) is 0. The predicted octanol–water partition coefficient (Wildman–Crippen LogP) is 2.47. The van der Waals surface area contributed by atoms with E-state index in [1.165, 1.54) is 12.1 Å². The number of amides is 1. The molecule has 1 aromatic heterocycles. The summed E-state index contributed by atoms with van der Waals surface area (Å²) in [5, 5.41) is 11.7. The molecular formula is C12H14Cl2N2O3. The van der Waals surface area contributed by atoms with Crippen LogP contribution in [0.2, 0.25) is 10.3 Å². The molecule has 0 aliphatic heterocycles. The molecule has 0 saturated heterocycles. The van der Waals surface area contributed by atoms with Gasteiger partial charge in [-0.05, 0) is 18.1 Å². The number of hydrogen-bond acceptors (Lipinski definition) is 3. The van der Waals surface area contributed by atoms with Crippen LogP contribution in [0.4, 0.5) is 0 Å². The van der Waals surface area contributed by atoms with Gasteiger partial charge in [0, 0.05) is 6.54 Å². The third-order valence-electron chi connectivity index (χ3n) is 2.66. The molecule has 19 heavy (non-hydrogen) atoms. The first-order valence-electron chi connectivity index (χ1n) is 5.66. The van der Waals surface area contributed by atoms with Crippen molar-refractivity contribution in [2.24, 2.45) is 11.8 Å². The number of nitrogens with zero attached hydrogens (tertiary/aromatic N) is 1. The fourth-order valence-electron chi connectivity index (χ4n) is 1.49. The van der Waals surface area contributed by atoms with Gasteiger partial charge >= 0.3 is 5.97 Å². The molecule has 2 N–H and O–H groups in total. The van der Waals surface area contributed by atoms with Gasteiger partial charge in [0.1, 0.15) is 10.3 Å². The van der Waals surface area contributed by atoms with E-state index in [1.54, 1.807) is 13.8 Å². The highest BCUT2D eigenvalue weighted by molar-refractivity contribution is 6.34. The van der Waals surface area contributed by atoms with Gasteiger partial charge in [0.15, 0.2) is 0 Å². The van der Waals surface area contributed by atoms with E-state index >= 15 is 0 Å². The highest BCUT2D eigenvalue weighted by Crippen LogP contribution is 2.17. The Bertz CT molecular complexity index is 492. The Labute approximate surface area is 120 Å². The highest BCUT2D eigenvalue weighted by atomic mass is 35.5. The number of halogens is 2. The van der Waals surface area contributed by atoms with E-state index < -0.39 is 17.8 Å². The molecule has 1 atom stereocenters. The number of carbonyl (C=O) groups excluding carboxylic acids is 1. The van der Waals surface area contributed by atoms with Crippen molar-refractivity contribution in [3.8, 4) is 0 Å². The van der Waals surface area contributed by atoms with Crippen LogP contribution in [0.25, 0.3) is 0 Å². The summed E-state index contributed by atoms with van der Waals surface area (Å²) in [5.41, 5.74) is 0.166. The number of aromatic nitrogens is 1. The zero-order chi connectivity index (χ0) is 14.6. The molecule has 1 amide bonds. The fourth-order valence-corrected chi connectivity index (χ4v) is 1.92. The lowest BCUT2D eigenvalue weighted by atomic mass is 9.96. The zero-order valence-electron chi connectivity index (χ0n) is 10.5. The van der Waals surface area contributed by atoms with Gasteiger partial charge < -0.3 is 10.4 Å². The van der Waals surface area contributed by atoms with Gasteiger partial charge in [-0.15, -0.1) is 0 Å². The van der Waals surface area contributed by atoms with Crippen molar-refractivity contribution in [3.05, 3.63) is 28.0 Å². The first-order chi connectivity index (χ1) is 8.82. The minimum absolute atomic E-state index is 0.0126. The van der Waals surface area contributed by atoms with Crippen molar-refractivity contribution in [1.29, 1.82) is 0 Å². The largest absolute Gasteiger partial charge is 0.481 e. The maximum atomic E-state index is 11.9. The van der Waals surface area contributed by atoms with Gasteiger partial charge in [-0.3, -0.25) is 9.59 Å². The SMILES string of the molecule is CC(C)C(CNC(=O)c1ccc(Cl)nc1Cl)C(=O)O. The molecule has 0 radical (unpaired) electrons. The van der Waals surface area contributed by atoms with Crippen LogP contribution in [-0.2, 0) is 4.79 Å². The van der Waals surface area contributed by atoms with E-state index in [9.17, 15) is 9.59 Å². The predicted molar refractivity (Wildman–Crippen MR) is 72.6 cm³/mol. The Morgan fingerprint density at radius 3 is 2.47 bits per heavy atom. The second-order valence-electron chi connectivity index (χ2n) is 4.37. The first kappa shape index (κ1) is 15.7. The van der Waals surface area contributed by atoms with E-state index in [2.05, 4.69) is 10.3 Å². The summed E-state index contributed by atoms with van der Waals surface area (Å²) in [6, 6.07) is 2.89. The number of carbonyl (C=O) groups is 2. The molecule has 1 heterocycles. The molecule has 0 aliphatic carbocycles. The summed E-state index contributed by atoms with van der Waals surface area (Å²) in [6.45, 7) is 3.59. The molecule has 1 rings (SSSR count). The highest BCUT2D eigenvalue weighted by Gasteiger charge is 2.22. The zero-order valence-corrected chi connectivity index (χ0v) is 12.0. The van der Waals surface area contributed by atoms with Crippen molar-refractivity contribution in [3.63, 3.8) is 0 Å². The lowest BCUT2D eigenvalue weighted by Crippen LogP contribution is -2.35. The molecule has 0 fully saturated rings. The van der Waals surface area contributed by atoms with Crippen molar-refractivity contribution in [2.75, 3.05) is 6.54 Å². The van der Waals surface area contributed by atoms with Gasteiger partial charge in [0.25, 0.3) is 5.91 Å². The monoisotopic (exact) mass is 304 g/mol. The van der Waals surface area contributed by atoms with Crippen LogP contribution in [0, 0.1) is 11.8 Å². The third-order valence-corrected chi connectivity index (χ3v) is 3.16. The summed E-state index contributed by atoms with van der Waals surface area (Å²) in [7, 11) is 0. The smallest absolute Gasteiger partial charge is 0.308 e. The van der Waals surface area contributed by atoms with Crippen LogP contribution in [0.1, 0.15) is 24.2 Å². The number of pyridine rings is 1. The van der Waals surface area contributed by atoms with Gasteiger partial charge in [-0.1, -0.05) is 37.0 Å². The van der Waals surface area contributed by atoms with Gasteiger partial charge in [0.05, 0.1) is 11.5 Å². The molecule has 0 aliphatic rings. The first-order valence-corrected chi connectivity index (χ1v) is 6.41. The molecule has 0 spiro atoms. The van der Waals surface area contributed by atoms with Gasteiger partial charge in [-0.2, -0.15) is 0 Å². The van der Waals surface area contributed by atoms with E-state index in [4.69, 9.17) is 28.3 Å². The van der Waals surface area contributed by atoms with Gasteiger partial charge in [-0.25, -0.2) is 4.98 Å². The lowest BCUT2D eigenvalue weighted by molar-refractivity contribution is -0.142. The molecule has 0 bridgehead atoms. The number of carboxylic acid groups (broad SMARTS) is 1. The standard InChI is InChI=1S/C12H14Cl2N2O3/c1-6(2)8(12(18)19)5-15-11(17)7-3-4-9(13)16-10(7)14/h3-4,6,8H,5H2,1-2H3,(H,15,17)(H,18,19). The topological polar surface area (TPSA) is 79.3 Å². The molecule has 1 aromatic rings. The number of carboxylic acids is 1. The number of nitrogens with one attached hydrogen (secondary N) is 1. The molecular weight excluding hydrogens is 291 g/mol. The summed E-state index contributed by atoms with van der Waals surface area (Å²) in [5.74, 6) is -2.16. The van der Waals surface area contributed by atoms with E-state index in [0.29, 0.717) is 0 Å². The molecule has 7 heteroatoms. The summed E-state index contributed by atoms with van der Waals surface area (Å²) in [4.78, 5) is 26.6.